The van der Waals surface area contributed by atoms with Gasteiger partial charge in [-0.1, -0.05) is 29.5 Å². The molecule has 2 heterocycles. The van der Waals surface area contributed by atoms with Gasteiger partial charge in [0.05, 0.1) is 5.69 Å². The topological polar surface area (TPSA) is 82.8 Å². The van der Waals surface area contributed by atoms with E-state index in [0.29, 0.717) is 23.6 Å². The fourth-order valence-electron chi connectivity index (χ4n) is 2.75. The lowest BCUT2D eigenvalue weighted by Gasteiger charge is -2.04. The Balaban J connectivity index is 1.50. The molecule has 24 heavy (non-hydrogen) atoms. The molecular weight excluding hydrogens is 322 g/mol. The predicted octanol–water partition coefficient (Wildman–Crippen LogP) is 3.76. The maximum Gasteiger partial charge on any atom is 0.226 e. The van der Waals surface area contributed by atoms with Crippen molar-refractivity contribution in [2.45, 2.75) is 43.6 Å². The molecule has 3 aromatic rings. The average molecular weight is 341 g/mol. The van der Waals surface area contributed by atoms with E-state index < -0.39 is 0 Å². The van der Waals surface area contributed by atoms with Crippen molar-refractivity contribution in [3.8, 4) is 11.5 Å². The molecule has 4 rings (SSSR count). The van der Waals surface area contributed by atoms with Crippen LogP contribution in [0.15, 0.2) is 34.0 Å². The first kappa shape index (κ1) is 15.3. The summed E-state index contributed by atoms with van der Waals surface area (Å²) in [5.74, 6) is 1.83. The molecular formula is C17H19N5OS. The summed E-state index contributed by atoms with van der Waals surface area (Å²) in [6.45, 7) is 4.15. The second-order valence-corrected chi connectivity index (χ2v) is 7.14. The van der Waals surface area contributed by atoms with Crippen molar-refractivity contribution >= 4 is 17.7 Å². The highest BCUT2D eigenvalue weighted by atomic mass is 32.2. The summed E-state index contributed by atoms with van der Waals surface area (Å²) in [6.07, 6.45) is 4.01. The Kier molecular flexibility index (Phi) is 3.80. The Hall–Kier alpha value is -2.28. The van der Waals surface area contributed by atoms with E-state index in [1.54, 1.807) is 18.0 Å². The fraction of sp³-hybridized carbons (Fsp3) is 0.353. The van der Waals surface area contributed by atoms with Gasteiger partial charge in [-0.05, 0) is 38.3 Å². The normalized spacial score (nSPS) is 14.2. The summed E-state index contributed by atoms with van der Waals surface area (Å²) in [5.41, 5.74) is 10.2. The number of aryl methyl sites for hydroxylation is 2. The monoisotopic (exact) mass is 341 g/mol. The van der Waals surface area contributed by atoms with Crippen LogP contribution < -0.4 is 5.73 Å². The summed E-state index contributed by atoms with van der Waals surface area (Å²) in [5, 5.41) is 9.01. The van der Waals surface area contributed by atoms with E-state index in [4.69, 9.17) is 10.2 Å². The number of hydrogen-bond donors (Lipinski definition) is 1. The number of nitrogen functional groups attached to an aromatic ring is 1. The van der Waals surface area contributed by atoms with Crippen LogP contribution in [0, 0.1) is 13.8 Å². The molecule has 1 aliphatic rings. The smallest absolute Gasteiger partial charge is 0.226 e. The molecule has 0 atom stereocenters. The Bertz CT molecular complexity index is 881. The molecule has 2 aromatic heterocycles. The number of thioether (sulfide) groups is 1. The molecule has 1 aromatic carbocycles. The van der Waals surface area contributed by atoms with Gasteiger partial charge < -0.3 is 10.2 Å². The second kappa shape index (κ2) is 5.98. The highest BCUT2D eigenvalue weighted by Gasteiger charge is 2.28. The first-order valence-corrected chi connectivity index (χ1v) is 8.95. The van der Waals surface area contributed by atoms with Gasteiger partial charge >= 0.3 is 0 Å². The summed E-state index contributed by atoms with van der Waals surface area (Å²) < 4.78 is 7.69. The summed E-state index contributed by atoms with van der Waals surface area (Å²) in [7, 11) is 0. The van der Waals surface area contributed by atoms with E-state index in [9.17, 15) is 0 Å². The lowest BCUT2D eigenvalue weighted by molar-refractivity contribution is 0.573. The number of aromatic nitrogens is 4. The summed E-state index contributed by atoms with van der Waals surface area (Å²) in [6, 6.07) is 6.72. The Morgan fingerprint density at radius 2 is 2.12 bits per heavy atom. The minimum absolute atomic E-state index is 0.463. The van der Waals surface area contributed by atoms with Gasteiger partial charge in [0.1, 0.15) is 6.26 Å². The zero-order chi connectivity index (χ0) is 16.7. The number of benzene rings is 1. The largest absolute Gasteiger partial charge is 0.444 e. The molecule has 0 amide bonds. The molecule has 0 bridgehead atoms. The summed E-state index contributed by atoms with van der Waals surface area (Å²) >= 11 is 1.59. The Labute approximate surface area is 144 Å². The van der Waals surface area contributed by atoms with Crippen molar-refractivity contribution in [1.29, 1.82) is 0 Å². The highest BCUT2D eigenvalue weighted by Crippen LogP contribution is 2.39. The first-order valence-electron chi connectivity index (χ1n) is 7.97. The van der Waals surface area contributed by atoms with Crippen molar-refractivity contribution in [3.63, 3.8) is 0 Å². The third-order valence-electron chi connectivity index (χ3n) is 4.12. The molecule has 0 spiro atoms. The quantitative estimate of drug-likeness (QED) is 0.712. The number of rotatable bonds is 5. The molecule has 124 valence electrons. The maximum absolute atomic E-state index is 5.90. The van der Waals surface area contributed by atoms with Gasteiger partial charge in [-0.3, -0.25) is 4.57 Å². The van der Waals surface area contributed by atoms with Crippen molar-refractivity contribution < 1.29 is 4.42 Å². The van der Waals surface area contributed by atoms with Crippen molar-refractivity contribution in [3.05, 3.63) is 41.3 Å². The highest BCUT2D eigenvalue weighted by molar-refractivity contribution is 7.98. The van der Waals surface area contributed by atoms with Crippen LogP contribution in [0.3, 0.4) is 0 Å². The van der Waals surface area contributed by atoms with Gasteiger partial charge in [0.25, 0.3) is 0 Å². The van der Waals surface area contributed by atoms with Gasteiger partial charge in [0.15, 0.2) is 5.16 Å². The average Bonchev–Trinajstić information content (AvgIpc) is 3.15. The van der Waals surface area contributed by atoms with Gasteiger partial charge in [0, 0.05) is 17.4 Å². The number of anilines is 1. The molecule has 1 aliphatic carbocycles. The fourth-order valence-corrected chi connectivity index (χ4v) is 3.64. The van der Waals surface area contributed by atoms with E-state index in [2.05, 4.69) is 47.2 Å². The Morgan fingerprint density at radius 3 is 2.88 bits per heavy atom. The SMILES string of the molecule is Cc1ccc(-c2nc(CSc3nnc(N)n3C3CC3)co2)c(C)c1. The van der Waals surface area contributed by atoms with Crippen LogP contribution in [-0.2, 0) is 5.75 Å². The summed E-state index contributed by atoms with van der Waals surface area (Å²) in [4.78, 5) is 4.61. The van der Waals surface area contributed by atoms with Crippen molar-refractivity contribution in [2.75, 3.05) is 5.73 Å². The van der Waals surface area contributed by atoms with Crippen LogP contribution in [-0.4, -0.2) is 19.7 Å². The van der Waals surface area contributed by atoms with Crippen molar-refractivity contribution in [2.24, 2.45) is 0 Å². The molecule has 0 saturated heterocycles. The van der Waals surface area contributed by atoms with Gasteiger partial charge in [-0.25, -0.2) is 4.98 Å². The lowest BCUT2D eigenvalue weighted by atomic mass is 10.1. The molecule has 0 unspecified atom stereocenters. The first-order chi connectivity index (χ1) is 11.6. The molecule has 7 heteroatoms. The molecule has 0 aliphatic heterocycles. The van der Waals surface area contributed by atoms with Crippen LogP contribution in [0.4, 0.5) is 5.95 Å². The molecule has 1 saturated carbocycles. The van der Waals surface area contributed by atoms with Gasteiger partial charge in [-0.15, -0.1) is 10.2 Å². The van der Waals surface area contributed by atoms with Crippen LogP contribution in [0.1, 0.15) is 35.7 Å². The molecule has 2 N–H and O–H groups in total. The number of hydrogen-bond acceptors (Lipinski definition) is 6. The van der Waals surface area contributed by atoms with Crippen molar-refractivity contribution in [1.82, 2.24) is 19.7 Å². The van der Waals surface area contributed by atoms with Gasteiger partial charge in [0.2, 0.25) is 11.8 Å². The van der Waals surface area contributed by atoms with E-state index in [-0.39, 0.29) is 0 Å². The van der Waals surface area contributed by atoms with E-state index in [1.807, 2.05) is 4.57 Å². The maximum atomic E-state index is 5.90. The third kappa shape index (κ3) is 2.91. The lowest BCUT2D eigenvalue weighted by Crippen LogP contribution is -2.02. The minimum Gasteiger partial charge on any atom is -0.444 e. The molecule has 6 nitrogen and oxygen atoms in total. The van der Waals surface area contributed by atoms with Crippen LogP contribution >= 0.6 is 11.8 Å². The van der Waals surface area contributed by atoms with E-state index >= 15 is 0 Å². The van der Waals surface area contributed by atoms with Gasteiger partial charge in [-0.2, -0.15) is 0 Å². The molecule has 1 fully saturated rings. The van der Waals surface area contributed by atoms with E-state index in [0.717, 1.165) is 34.8 Å². The number of nitrogens with zero attached hydrogens (tertiary/aromatic N) is 4. The minimum atomic E-state index is 0.463. The van der Waals surface area contributed by atoms with E-state index in [1.165, 1.54) is 5.56 Å². The second-order valence-electron chi connectivity index (χ2n) is 6.19. The number of nitrogens with two attached hydrogens (primary N) is 1. The standard InChI is InChI=1S/C17H19N5OS/c1-10-3-6-14(11(2)7-10)15-19-12(8-23-15)9-24-17-21-20-16(18)22(17)13-4-5-13/h3,6-8,13H,4-5,9H2,1-2H3,(H2,18,20). The zero-order valence-corrected chi connectivity index (χ0v) is 14.5. The zero-order valence-electron chi connectivity index (χ0n) is 13.7. The molecule has 0 radical (unpaired) electrons. The van der Waals surface area contributed by atoms with Crippen LogP contribution in [0.2, 0.25) is 0 Å². The third-order valence-corrected chi connectivity index (χ3v) is 5.09. The van der Waals surface area contributed by atoms with Crippen LogP contribution in [0.5, 0.6) is 0 Å². The van der Waals surface area contributed by atoms with Crippen LogP contribution in [0.25, 0.3) is 11.5 Å². The number of oxazole rings is 1. The predicted molar refractivity (Wildman–Crippen MR) is 93.7 cm³/mol. The Morgan fingerprint density at radius 1 is 1.29 bits per heavy atom.